The fraction of sp³-hybridized carbons (Fsp3) is 0.571. The largest absolute Gasteiger partial charge is 0.481 e. The summed E-state index contributed by atoms with van der Waals surface area (Å²) in [6, 6.07) is 8.57. The molecule has 0 amide bonds. The summed E-state index contributed by atoms with van der Waals surface area (Å²) < 4.78 is 15.8. The molecule has 1 aliphatic carbocycles. The monoisotopic (exact) mass is 373 g/mol. The molecule has 146 valence electrons. The van der Waals surface area contributed by atoms with E-state index >= 15 is 0 Å². The van der Waals surface area contributed by atoms with Crippen molar-refractivity contribution in [3.63, 3.8) is 0 Å². The van der Waals surface area contributed by atoms with Gasteiger partial charge in [0.15, 0.2) is 13.2 Å². The van der Waals surface area contributed by atoms with Gasteiger partial charge in [0.2, 0.25) is 0 Å². The van der Waals surface area contributed by atoms with Crippen LogP contribution in [0, 0.1) is 29.1 Å². The van der Waals surface area contributed by atoms with Crippen molar-refractivity contribution >= 4 is 11.9 Å². The van der Waals surface area contributed by atoms with Crippen LogP contribution >= 0.6 is 0 Å². The molecule has 0 radical (unpaired) electrons. The number of para-hydroxylation sites is 1. The zero-order chi connectivity index (χ0) is 19.8. The number of hydrogen-bond acceptors (Lipinski definition) is 6. The van der Waals surface area contributed by atoms with E-state index < -0.39 is 18.5 Å². The van der Waals surface area contributed by atoms with Crippen LogP contribution in [0.5, 0.6) is 5.75 Å². The highest BCUT2D eigenvalue weighted by atomic mass is 16.6. The third-order valence-corrected chi connectivity index (χ3v) is 4.95. The number of nitriles is 1. The number of ether oxygens (including phenoxy) is 3. The van der Waals surface area contributed by atoms with Crippen LogP contribution in [-0.4, -0.2) is 31.3 Å². The van der Waals surface area contributed by atoms with Gasteiger partial charge >= 0.3 is 11.9 Å². The molecule has 2 rings (SSSR count). The molecule has 3 atom stereocenters. The quantitative estimate of drug-likeness (QED) is 0.680. The topological polar surface area (TPSA) is 85.6 Å². The summed E-state index contributed by atoms with van der Waals surface area (Å²) in [6.45, 7) is 5.63. The van der Waals surface area contributed by atoms with Crippen molar-refractivity contribution in [2.24, 2.45) is 17.8 Å². The fourth-order valence-electron chi connectivity index (χ4n) is 3.46. The molecule has 1 aromatic carbocycles. The number of hydrogen-bond donors (Lipinski definition) is 0. The van der Waals surface area contributed by atoms with Gasteiger partial charge in [0.05, 0.1) is 5.56 Å². The Morgan fingerprint density at radius 2 is 1.93 bits per heavy atom. The van der Waals surface area contributed by atoms with E-state index in [0.717, 1.165) is 19.3 Å². The first-order chi connectivity index (χ1) is 12.9. The van der Waals surface area contributed by atoms with Crippen molar-refractivity contribution in [2.45, 2.75) is 46.1 Å². The molecule has 1 aliphatic rings. The first kappa shape index (κ1) is 20.8. The molecular weight excluding hydrogens is 346 g/mol. The predicted molar refractivity (Wildman–Crippen MR) is 98.8 cm³/mol. The summed E-state index contributed by atoms with van der Waals surface area (Å²) in [5, 5.41) is 8.99. The number of esters is 2. The van der Waals surface area contributed by atoms with Crippen molar-refractivity contribution in [2.75, 3.05) is 13.2 Å². The van der Waals surface area contributed by atoms with E-state index in [-0.39, 0.29) is 12.7 Å². The van der Waals surface area contributed by atoms with E-state index in [1.165, 1.54) is 0 Å². The van der Waals surface area contributed by atoms with Crippen molar-refractivity contribution in [1.82, 2.24) is 0 Å². The summed E-state index contributed by atoms with van der Waals surface area (Å²) in [6.07, 6.45) is 2.91. The van der Waals surface area contributed by atoms with E-state index in [1.54, 1.807) is 24.3 Å². The van der Waals surface area contributed by atoms with Gasteiger partial charge in [-0.2, -0.15) is 5.26 Å². The SMILES string of the molecule is CC(C)[C@@H]1CC[C@H](C)C[C@H]1OC(=O)COC(=O)COc1ccccc1C#N. The average Bonchev–Trinajstić information content (AvgIpc) is 2.64. The second kappa shape index (κ2) is 9.96. The number of carbonyl (C=O) groups is 2. The maximum atomic E-state index is 12.1. The molecule has 0 heterocycles. The van der Waals surface area contributed by atoms with Gasteiger partial charge in [0.1, 0.15) is 17.9 Å². The maximum Gasteiger partial charge on any atom is 0.344 e. The van der Waals surface area contributed by atoms with Crippen LogP contribution in [0.2, 0.25) is 0 Å². The molecular formula is C21H27NO5. The first-order valence-electron chi connectivity index (χ1n) is 9.37. The minimum absolute atomic E-state index is 0.126. The van der Waals surface area contributed by atoms with Gasteiger partial charge in [0.25, 0.3) is 0 Å². The van der Waals surface area contributed by atoms with Crippen LogP contribution in [0.1, 0.15) is 45.6 Å². The Morgan fingerprint density at radius 3 is 2.63 bits per heavy atom. The van der Waals surface area contributed by atoms with E-state index in [9.17, 15) is 9.59 Å². The summed E-state index contributed by atoms with van der Waals surface area (Å²) in [7, 11) is 0. The Bertz CT molecular complexity index is 694. The molecule has 27 heavy (non-hydrogen) atoms. The molecule has 0 aromatic heterocycles. The van der Waals surface area contributed by atoms with E-state index in [1.807, 2.05) is 6.07 Å². The van der Waals surface area contributed by atoms with Crippen molar-refractivity contribution in [3.05, 3.63) is 29.8 Å². The minimum atomic E-state index is -0.683. The lowest BCUT2D eigenvalue weighted by Crippen LogP contribution is -2.37. The molecule has 6 nitrogen and oxygen atoms in total. The molecule has 0 spiro atoms. The molecule has 0 unspecified atom stereocenters. The van der Waals surface area contributed by atoms with Crippen LogP contribution in [0.15, 0.2) is 24.3 Å². The fourth-order valence-corrected chi connectivity index (χ4v) is 3.46. The van der Waals surface area contributed by atoms with Gasteiger partial charge in [-0.25, -0.2) is 9.59 Å². The van der Waals surface area contributed by atoms with Gasteiger partial charge in [-0.15, -0.1) is 0 Å². The highest BCUT2D eigenvalue weighted by Crippen LogP contribution is 2.35. The normalized spacial score (nSPS) is 22.0. The number of rotatable bonds is 7. The molecule has 0 saturated heterocycles. The summed E-state index contributed by atoms with van der Waals surface area (Å²) in [4.78, 5) is 23.9. The highest BCUT2D eigenvalue weighted by molar-refractivity contribution is 5.77. The van der Waals surface area contributed by atoms with Crippen LogP contribution in [0.4, 0.5) is 0 Å². The second-order valence-electron chi connectivity index (χ2n) is 7.41. The van der Waals surface area contributed by atoms with E-state index in [4.69, 9.17) is 19.5 Å². The molecule has 0 aliphatic heterocycles. The maximum absolute atomic E-state index is 12.1. The molecule has 1 aromatic rings. The van der Waals surface area contributed by atoms with Gasteiger partial charge in [-0.1, -0.05) is 39.3 Å². The highest BCUT2D eigenvalue weighted by Gasteiger charge is 2.33. The third-order valence-electron chi connectivity index (χ3n) is 4.95. The molecule has 1 saturated carbocycles. The zero-order valence-electron chi connectivity index (χ0n) is 16.1. The summed E-state index contributed by atoms with van der Waals surface area (Å²) >= 11 is 0. The van der Waals surface area contributed by atoms with Crippen LogP contribution in [-0.2, 0) is 19.1 Å². The lowest BCUT2D eigenvalue weighted by molar-refractivity contribution is -0.167. The Morgan fingerprint density at radius 1 is 1.19 bits per heavy atom. The van der Waals surface area contributed by atoms with Crippen LogP contribution < -0.4 is 4.74 Å². The zero-order valence-corrected chi connectivity index (χ0v) is 16.1. The lowest BCUT2D eigenvalue weighted by atomic mass is 9.75. The van der Waals surface area contributed by atoms with E-state index in [0.29, 0.717) is 29.1 Å². The Balaban J connectivity index is 1.77. The van der Waals surface area contributed by atoms with Gasteiger partial charge in [-0.3, -0.25) is 0 Å². The second-order valence-corrected chi connectivity index (χ2v) is 7.41. The third kappa shape index (κ3) is 6.28. The Kier molecular flexibility index (Phi) is 7.66. The molecule has 0 N–H and O–H groups in total. The lowest BCUT2D eigenvalue weighted by Gasteiger charge is -2.36. The number of nitrogens with zero attached hydrogens (tertiary/aromatic N) is 1. The van der Waals surface area contributed by atoms with Crippen molar-refractivity contribution < 1.29 is 23.8 Å². The smallest absolute Gasteiger partial charge is 0.344 e. The molecule has 1 fully saturated rings. The Hall–Kier alpha value is -2.55. The van der Waals surface area contributed by atoms with E-state index in [2.05, 4.69) is 20.8 Å². The standard InChI is InChI=1S/C21H27NO5/c1-14(2)17-9-8-15(3)10-19(17)27-21(24)13-26-20(23)12-25-18-7-5-4-6-16(18)11-22/h4-7,14-15,17,19H,8-10,12-13H2,1-3H3/t15-,17-,19+/m0/s1. The predicted octanol–water partition coefficient (Wildman–Crippen LogP) is 3.48. The van der Waals surface area contributed by atoms with Crippen LogP contribution in [0.25, 0.3) is 0 Å². The average molecular weight is 373 g/mol. The van der Waals surface area contributed by atoms with Gasteiger partial charge in [0, 0.05) is 0 Å². The summed E-state index contributed by atoms with van der Waals surface area (Å²) in [5.41, 5.74) is 0.329. The van der Waals surface area contributed by atoms with Crippen LogP contribution in [0.3, 0.4) is 0 Å². The van der Waals surface area contributed by atoms with Gasteiger partial charge < -0.3 is 14.2 Å². The number of benzene rings is 1. The molecule has 6 heteroatoms. The Labute approximate surface area is 160 Å². The number of carbonyl (C=O) groups excluding carboxylic acids is 2. The first-order valence-corrected chi connectivity index (χ1v) is 9.37. The molecule has 0 bridgehead atoms. The van der Waals surface area contributed by atoms with Gasteiger partial charge in [-0.05, 0) is 42.7 Å². The summed E-state index contributed by atoms with van der Waals surface area (Å²) in [5.74, 6) is 0.380. The minimum Gasteiger partial charge on any atom is -0.481 e. The van der Waals surface area contributed by atoms with Crippen molar-refractivity contribution in [3.8, 4) is 11.8 Å². The van der Waals surface area contributed by atoms with Crippen molar-refractivity contribution in [1.29, 1.82) is 5.26 Å².